The first-order valence-corrected chi connectivity index (χ1v) is 6.04. The second kappa shape index (κ2) is 6.83. The van der Waals surface area contributed by atoms with Crippen LogP contribution in [0.1, 0.15) is 44.1 Å². The number of aromatic nitrogens is 2. The largest absolute Gasteiger partial charge is 0.369 e. The normalized spacial score (nSPS) is 11.9. The van der Waals surface area contributed by atoms with Crippen LogP contribution in [0, 0.1) is 0 Å². The molecule has 2 N–H and O–H groups in total. The minimum absolute atomic E-state index is 0.165. The van der Waals surface area contributed by atoms with E-state index in [1.54, 1.807) is 6.20 Å². The number of anilines is 1. The van der Waals surface area contributed by atoms with Crippen molar-refractivity contribution < 1.29 is 4.79 Å². The molecule has 0 spiro atoms. The molecule has 5 nitrogen and oxygen atoms in total. The van der Waals surface area contributed by atoms with Gasteiger partial charge in [0.15, 0.2) is 0 Å². The molecule has 0 aliphatic carbocycles. The summed E-state index contributed by atoms with van der Waals surface area (Å²) in [5, 5.41) is 5.92. The molecule has 1 heterocycles. The van der Waals surface area contributed by atoms with Gasteiger partial charge in [0, 0.05) is 12.6 Å². The molecule has 1 aromatic heterocycles. The fraction of sp³-hybridized carbons (Fsp3) is 0.583. The van der Waals surface area contributed by atoms with Gasteiger partial charge in [0.2, 0.25) is 0 Å². The number of hydrogen-bond donors (Lipinski definition) is 2. The van der Waals surface area contributed by atoms with Crippen LogP contribution in [0.25, 0.3) is 0 Å². The molecule has 0 fully saturated rings. The molecule has 0 saturated heterocycles. The number of carbonyl (C=O) groups excluding carboxylic acids is 1. The summed E-state index contributed by atoms with van der Waals surface area (Å²) in [7, 11) is 0. The number of carbonyl (C=O) groups is 1. The van der Waals surface area contributed by atoms with Crippen molar-refractivity contribution >= 4 is 11.7 Å². The van der Waals surface area contributed by atoms with Crippen molar-refractivity contribution in [2.75, 3.05) is 11.9 Å². The van der Waals surface area contributed by atoms with Crippen LogP contribution in [0.15, 0.2) is 12.4 Å². The van der Waals surface area contributed by atoms with Gasteiger partial charge in [-0.05, 0) is 20.3 Å². The quantitative estimate of drug-likeness (QED) is 0.790. The van der Waals surface area contributed by atoms with Crippen LogP contribution < -0.4 is 10.6 Å². The van der Waals surface area contributed by atoms with Crippen molar-refractivity contribution in [1.82, 2.24) is 15.3 Å². The number of nitrogens with one attached hydrogen (secondary N) is 2. The molecule has 1 unspecified atom stereocenters. The molecule has 0 aliphatic rings. The Morgan fingerprint density at radius 2 is 2.12 bits per heavy atom. The Morgan fingerprint density at radius 3 is 2.65 bits per heavy atom. The summed E-state index contributed by atoms with van der Waals surface area (Å²) in [6.07, 6.45) is 5.08. The highest BCUT2D eigenvalue weighted by Crippen LogP contribution is 2.02. The molecule has 0 radical (unpaired) electrons. The third-order valence-corrected chi connectivity index (χ3v) is 2.34. The summed E-state index contributed by atoms with van der Waals surface area (Å²) in [5.74, 6) is 0.521. The number of rotatable bonds is 6. The molecular weight excluding hydrogens is 216 g/mol. The van der Waals surface area contributed by atoms with Crippen molar-refractivity contribution in [2.24, 2.45) is 0 Å². The third-order valence-electron chi connectivity index (χ3n) is 2.34. The maximum absolute atomic E-state index is 11.8. The van der Waals surface area contributed by atoms with E-state index < -0.39 is 0 Å². The van der Waals surface area contributed by atoms with E-state index in [1.807, 2.05) is 13.8 Å². The van der Waals surface area contributed by atoms with Crippen LogP contribution in [0.3, 0.4) is 0 Å². The zero-order valence-corrected chi connectivity index (χ0v) is 10.7. The molecule has 0 aliphatic heterocycles. The predicted octanol–water partition coefficient (Wildman–Crippen LogP) is 1.83. The fourth-order valence-electron chi connectivity index (χ4n) is 1.52. The van der Waals surface area contributed by atoms with Gasteiger partial charge in [-0.2, -0.15) is 0 Å². The lowest BCUT2D eigenvalue weighted by molar-refractivity contribution is 0.0933. The lowest BCUT2D eigenvalue weighted by atomic mass is 10.2. The topological polar surface area (TPSA) is 66.9 Å². The van der Waals surface area contributed by atoms with E-state index in [2.05, 4.69) is 27.5 Å². The fourth-order valence-corrected chi connectivity index (χ4v) is 1.52. The zero-order valence-electron chi connectivity index (χ0n) is 10.7. The standard InChI is InChI=1S/C12H20N4O/c1-4-6-9(3)16-12(17)10-7-15-11(8-14-10)13-5-2/h7-9H,4-6H2,1-3H3,(H,13,15)(H,16,17). The molecule has 5 heteroatoms. The maximum Gasteiger partial charge on any atom is 0.271 e. The first kappa shape index (κ1) is 13.4. The van der Waals surface area contributed by atoms with E-state index in [0.717, 1.165) is 19.4 Å². The lowest BCUT2D eigenvalue weighted by Gasteiger charge is -2.12. The Balaban J connectivity index is 2.57. The summed E-state index contributed by atoms with van der Waals surface area (Å²) in [6, 6.07) is 0.169. The van der Waals surface area contributed by atoms with Gasteiger partial charge in [0.1, 0.15) is 11.5 Å². The SMILES string of the molecule is CCCC(C)NC(=O)c1cnc(NCC)cn1. The molecule has 17 heavy (non-hydrogen) atoms. The molecule has 1 aromatic rings. The van der Waals surface area contributed by atoms with Gasteiger partial charge in [0.25, 0.3) is 5.91 Å². The van der Waals surface area contributed by atoms with Crippen LogP contribution in [-0.2, 0) is 0 Å². The minimum Gasteiger partial charge on any atom is -0.369 e. The number of amides is 1. The van der Waals surface area contributed by atoms with Gasteiger partial charge in [-0.15, -0.1) is 0 Å². The summed E-state index contributed by atoms with van der Waals surface area (Å²) in [5.41, 5.74) is 0.356. The maximum atomic E-state index is 11.8. The summed E-state index contributed by atoms with van der Waals surface area (Å²) in [6.45, 7) is 6.85. The van der Waals surface area contributed by atoms with Gasteiger partial charge in [0.05, 0.1) is 12.4 Å². The summed E-state index contributed by atoms with van der Waals surface area (Å²) >= 11 is 0. The molecule has 0 bridgehead atoms. The van der Waals surface area contributed by atoms with Gasteiger partial charge in [-0.1, -0.05) is 13.3 Å². The van der Waals surface area contributed by atoms with Crippen molar-refractivity contribution in [3.63, 3.8) is 0 Å². The molecule has 1 rings (SSSR count). The molecule has 1 amide bonds. The molecule has 94 valence electrons. The Morgan fingerprint density at radius 1 is 1.35 bits per heavy atom. The van der Waals surface area contributed by atoms with Crippen molar-refractivity contribution in [3.05, 3.63) is 18.1 Å². The summed E-state index contributed by atoms with van der Waals surface area (Å²) in [4.78, 5) is 19.9. The minimum atomic E-state index is -0.165. The van der Waals surface area contributed by atoms with Gasteiger partial charge < -0.3 is 10.6 Å². The van der Waals surface area contributed by atoms with E-state index in [9.17, 15) is 4.79 Å². The Kier molecular flexibility index (Phi) is 5.39. The van der Waals surface area contributed by atoms with Crippen LogP contribution in [0.5, 0.6) is 0 Å². The smallest absolute Gasteiger partial charge is 0.271 e. The molecule has 0 aromatic carbocycles. The average molecular weight is 236 g/mol. The van der Waals surface area contributed by atoms with E-state index in [0.29, 0.717) is 11.5 Å². The second-order valence-corrected chi connectivity index (χ2v) is 3.98. The molecule has 1 atom stereocenters. The molecular formula is C12H20N4O. The first-order chi connectivity index (χ1) is 8.17. The lowest BCUT2D eigenvalue weighted by Crippen LogP contribution is -2.33. The van der Waals surface area contributed by atoms with E-state index in [1.165, 1.54) is 6.20 Å². The summed E-state index contributed by atoms with van der Waals surface area (Å²) < 4.78 is 0. The Hall–Kier alpha value is -1.65. The average Bonchev–Trinajstić information content (AvgIpc) is 2.30. The van der Waals surface area contributed by atoms with Gasteiger partial charge in [-0.25, -0.2) is 9.97 Å². The van der Waals surface area contributed by atoms with Crippen molar-refractivity contribution in [1.29, 1.82) is 0 Å². The number of hydrogen-bond acceptors (Lipinski definition) is 4. The van der Waals surface area contributed by atoms with Crippen LogP contribution in [0.2, 0.25) is 0 Å². The van der Waals surface area contributed by atoms with Crippen molar-refractivity contribution in [2.45, 2.75) is 39.7 Å². The van der Waals surface area contributed by atoms with Crippen LogP contribution in [-0.4, -0.2) is 28.5 Å². The van der Waals surface area contributed by atoms with Crippen LogP contribution in [0.4, 0.5) is 5.82 Å². The monoisotopic (exact) mass is 236 g/mol. The molecule has 0 saturated carbocycles. The van der Waals surface area contributed by atoms with Gasteiger partial charge >= 0.3 is 0 Å². The van der Waals surface area contributed by atoms with E-state index in [4.69, 9.17) is 0 Å². The van der Waals surface area contributed by atoms with Crippen LogP contribution >= 0.6 is 0 Å². The second-order valence-electron chi connectivity index (χ2n) is 3.98. The van der Waals surface area contributed by atoms with Crippen molar-refractivity contribution in [3.8, 4) is 0 Å². The van der Waals surface area contributed by atoms with Gasteiger partial charge in [-0.3, -0.25) is 4.79 Å². The Bertz CT molecular complexity index is 350. The van der Waals surface area contributed by atoms with E-state index >= 15 is 0 Å². The highest BCUT2D eigenvalue weighted by Gasteiger charge is 2.10. The third kappa shape index (κ3) is 4.38. The zero-order chi connectivity index (χ0) is 12.7. The highest BCUT2D eigenvalue weighted by molar-refractivity contribution is 5.92. The predicted molar refractivity (Wildman–Crippen MR) is 68.0 cm³/mol. The van der Waals surface area contributed by atoms with E-state index in [-0.39, 0.29) is 11.9 Å². The number of nitrogens with zero attached hydrogens (tertiary/aromatic N) is 2. The first-order valence-electron chi connectivity index (χ1n) is 6.04. The Labute approximate surface area is 102 Å². The highest BCUT2D eigenvalue weighted by atomic mass is 16.1.